The van der Waals surface area contributed by atoms with Gasteiger partial charge in [0.25, 0.3) is 0 Å². The van der Waals surface area contributed by atoms with Crippen molar-refractivity contribution in [3.63, 3.8) is 0 Å². The van der Waals surface area contributed by atoms with E-state index in [1.165, 1.54) is 12.1 Å². The highest BCUT2D eigenvalue weighted by molar-refractivity contribution is 6.42. The first kappa shape index (κ1) is 16.6. The van der Waals surface area contributed by atoms with E-state index in [9.17, 15) is 4.39 Å². The third kappa shape index (κ3) is 4.10. The largest absolute Gasteiger partial charge is 0.304 e. The molecule has 5 heteroatoms. The highest BCUT2D eigenvalue weighted by Crippen LogP contribution is 2.29. The van der Waals surface area contributed by atoms with Crippen molar-refractivity contribution < 1.29 is 4.39 Å². The Hall–Kier alpha value is -0.800. The van der Waals surface area contributed by atoms with E-state index in [2.05, 4.69) is 5.32 Å². The minimum atomic E-state index is -0.339. The summed E-state index contributed by atoms with van der Waals surface area (Å²) in [6.45, 7) is 4.00. The molecule has 0 aliphatic heterocycles. The Kier molecular flexibility index (Phi) is 5.50. The van der Waals surface area contributed by atoms with E-state index in [0.29, 0.717) is 15.1 Å². The molecule has 0 aliphatic carbocycles. The molecule has 1 N–H and O–H groups in total. The van der Waals surface area contributed by atoms with Gasteiger partial charge in [-0.2, -0.15) is 0 Å². The van der Waals surface area contributed by atoms with E-state index in [-0.39, 0.29) is 17.9 Å². The summed E-state index contributed by atoms with van der Waals surface area (Å²) < 4.78 is 13.1. The molecule has 2 aromatic carbocycles. The van der Waals surface area contributed by atoms with Gasteiger partial charge in [-0.05, 0) is 49.2 Å². The van der Waals surface area contributed by atoms with Crippen molar-refractivity contribution in [2.75, 3.05) is 0 Å². The molecule has 2 atom stereocenters. The summed E-state index contributed by atoms with van der Waals surface area (Å²) in [6, 6.07) is 9.97. The highest BCUT2D eigenvalue weighted by atomic mass is 35.5. The minimum Gasteiger partial charge on any atom is -0.304 e. The monoisotopic (exact) mass is 345 g/mol. The molecule has 1 nitrogen and oxygen atoms in total. The number of nitrogens with one attached hydrogen (secondary N) is 1. The second-order valence-electron chi connectivity index (χ2n) is 4.95. The molecule has 2 unspecified atom stereocenters. The Labute approximate surface area is 139 Å². The van der Waals surface area contributed by atoms with E-state index >= 15 is 0 Å². The zero-order valence-electron chi connectivity index (χ0n) is 11.6. The van der Waals surface area contributed by atoms with Crippen LogP contribution in [0.3, 0.4) is 0 Å². The Balaban J connectivity index is 2.14. The van der Waals surface area contributed by atoms with Crippen LogP contribution >= 0.6 is 34.8 Å². The lowest BCUT2D eigenvalue weighted by atomic mass is 10.0. The highest BCUT2D eigenvalue weighted by Gasteiger charge is 2.15. The molecule has 0 heterocycles. The summed E-state index contributed by atoms with van der Waals surface area (Å²) >= 11 is 18.0. The lowest BCUT2D eigenvalue weighted by Crippen LogP contribution is -2.22. The summed E-state index contributed by atoms with van der Waals surface area (Å²) in [5.41, 5.74) is 1.87. The first-order valence-corrected chi connectivity index (χ1v) is 7.68. The molecule has 0 saturated heterocycles. The third-order valence-electron chi connectivity index (χ3n) is 3.37. The van der Waals surface area contributed by atoms with Crippen LogP contribution in [0.5, 0.6) is 0 Å². The van der Waals surface area contributed by atoms with Crippen LogP contribution in [0.1, 0.15) is 37.1 Å². The maximum absolute atomic E-state index is 13.1. The predicted molar refractivity (Wildman–Crippen MR) is 87.8 cm³/mol. The molecule has 2 aromatic rings. The summed E-state index contributed by atoms with van der Waals surface area (Å²) in [5, 5.41) is 4.88. The van der Waals surface area contributed by atoms with Gasteiger partial charge in [-0.25, -0.2) is 4.39 Å². The van der Waals surface area contributed by atoms with Crippen LogP contribution in [0, 0.1) is 5.82 Å². The average molecular weight is 347 g/mol. The van der Waals surface area contributed by atoms with Crippen LogP contribution in [0.15, 0.2) is 36.4 Å². The van der Waals surface area contributed by atoms with E-state index in [0.717, 1.165) is 11.1 Å². The van der Waals surface area contributed by atoms with Gasteiger partial charge in [0.15, 0.2) is 0 Å². The first-order valence-electron chi connectivity index (χ1n) is 6.54. The molecule has 2 rings (SSSR count). The van der Waals surface area contributed by atoms with E-state index < -0.39 is 0 Å². The molecule has 0 aromatic heterocycles. The fourth-order valence-corrected chi connectivity index (χ4v) is 2.83. The fraction of sp³-hybridized carbons (Fsp3) is 0.250. The quantitative estimate of drug-likeness (QED) is 0.695. The maximum Gasteiger partial charge on any atom is 0.124 e. The molecule has 0 bridgehead atoms. The zero-order chi connectivity index (χ0) is 15.6. The molecular weight excluding hydrogens is 332 g/mol. The molecule has 0 aliphatic rings. The van der Waals surface area contributed by atoms with E-state index in [1.54, 1.807) is 12.1 Å². The van der Waals surface area contributed by atoms with Gasteiger partial charge in [0.2, 0.25) is 0 Å². The first-order chi connectivity index (χ1) is 9.88. The van der Waals surface area contributed by atoms with Crippen molar-refractivity contribution in [3.8, 4) is 0 Å². The molecule has 21 heavy (non-hydrogen) atoms. The lowest BCUT2D eigenvalue weighted by molar-refractivity contribution is 0.494. The second-order valence-corrected chi connectivity index (χ2v) is 6.17. The number of hydrogen-bond donors (Lipinski definition) is 1. The summed E-state index contributed by atoms with van der Waals surface area (Å²) in [5.74, 6) is -0.339. The van der Waals surface area contributed by atoms with Gasteiger partial charge in [0.05, 0.1) is 10.0 Å². The standard InChI is InChI=1S/C16H15Cl3FN/c1-9(11-3-6-14(17)16(19)7-11)21-10(2)13-5-4-12(20)8-15(13)18/h3-10,21H,1-2H3. The number of rotatable bonds is 4. The van der Waals surface area contributed by atoms with Crippen molar-refractivity contribution >= 4 is 34.8 Å². The van der Waals surface area contributed by atoms with Crippen molar-refractivity contribution in [2.45, 2.75) is 25.9 Å². The van der Waals surface area contributed by atoms with Gasteiger partial charge in [-0.3, -0.25) is 0 Å². The van der Waals surface area contributed by atoms with Crippen LogP contribution in [-0.4, -0.2) is 0 Å². The number of hydrogen-bond acceptors (Lipinski definition) is 1. The van der Waals surface area contributed by atoms with Gasteiger partial charge in [0, 0.05) is 17.1 Å². The summed E-state index contributed by atoms with van der Waals surface area (Å²) in [4.78, 5) is 0. The van der Waals surface area contributed by atoms with Crippen LogP contribution in [0.25, 0.3) is 0 Å². The Morgan fingerprint density at radius 2 is 1.57 bits per heavy atom. The van der Waals surface area contributed by atoms with Crippen molar-refractivity contribution in [2.24, 2.45) is 0 Å². The van der Waals surface area contributed by atoms with Crippen LogP contribution in [0.4, 0.5) is 4.39 Å². The molecule has 0 amide bonds. The van der Waals surface area contributed by atoms with Crippen LogP contribution < -0.4 is 5.32 Å². The maximum atomic E-state index is 13.1. The van der Waals surface area contributed by atoms with Crippen molar-refractivity contribution in [1.29, 1.82) is 0 Å². The lowest BCUT2D eigenvalue weighted by Gasteiger charge is -2.22. The summed E-state index contributed by atoms with van der Waals surface area (Å²) in [7, 11) is 0. The third-order valence-corrected chi connectivity index (χ3v) is 4.44. The molecule has 0 radical (unpaired) electrons. The number of benzene rings is 2. The van der Waals surface area contributed by atoms with E-state index in [1.807, 2.05) is 26.0 Å². The van der Waals surface area contributed by atoms with Gasteiger partial charge in [0.1, 0.15) is 5.82 Å². The van der Waals surface area contributed by atoms with Crippen molar-refractivity contribution in [1.82, 2.24) is 5.32 Å². The predicted octanol–water partition coefficient (Wildman–Crippen LogP) is 6.20. The fourth-order valence-electron chi connectivity index (χ4n) is 2.20. The van der Waals surface area contributed by atoms with Gasteiger partial charge < -0.3 is 5.32 Å². The van der Waals surface area contributed by atoms with Crippen LogP contribution in [-0.2, 0) is 0 Å². The number of halogens is 4. The van der Waals surface area contributed by atoms with E-state index in [4.69, 9.17) is 34.8 Å². The molecule has 0 saturated carbocycles. The Morgan fingerprint density at radius 3 is 2.19 bits per heavy atom. The Bertz CT molecular complexity index is 645. The molecular formula is C16H15Cl3FN. The summed E-state index contributed by atoms with van der Waals surface area (Å²) in [6.07, 6.45) is 0. The smallest absolute Gasteiger partial charge is 0.124 e. The Morgan fingerprint density at radius 1 is 0.857 bits per heavy atom. The molecule has 0 spiro atoms. The van der Waals surface area contributed by atoms with Gasteiger partial charge >= 0.3 is 0 Å². The van der Waals surface area contributed by atoms with Crippen molar-refractivity contribution in [3.05, 3.63) is 68.4 Å². The van der Waals surface area contributed by atoms with Gasteiger partial charge in [-0.1, -0.05) is 46.9 Å². The molecule has 112 valence electrons. The van der Waals surface area contributed by atoms with Crippen LogP contribution in [0.2, 0.25) is 15.1 Å². The average Bonchev–Trinajstić information content (AvgIpc) is 2.41. The van der Waals surface area contributed by atoms with Gasteiger partial charge in [-0.15, -0.1) is 0 Å². The molecule has 0 fully saturated rings. The zero-order valence-corrected chi connectivity index (χ0v) is 13.9. The second kappa shape index (κ2) is 6.97. The normalized spacial score (nSPS) is 14.0. The topological polar surface area (TPSA) is 12.0 Å². The minimum absolute atomic E-state index is 0.0254. The SMILES string of the molecule is CC(NC(C)c1ccc(F)cc1Cl)c1ccc(Cl)c(Cl)c1.